The standard InChI is InChI=1S/C18H15FN4O3/c1-10-6-7-14-16(25)15(18(26)22-21-11(2)24)9-23(17(14)20-10)13-5-3-4-12(19)8-13/h3-9H,1-2H3,(H,21,24)(H,22,26). The average molecular weight is 354 g/mol. The topological polar surface area (TPSA) is 93.1 Å². The third-order valence-corrected chi connectivity index (χ3v) is 3.67. The summed E-state index contributed by atoms with van der Waals surface area (Å²) in [4.78, 5) is 40.3. The van der Waals surface area contributed by atoms with Gasteiger partial charge in [-0.25, -0.2) is 9.37 Å². The molecule has 26 heavy (non-hydrogen) atoms. The summed E-state index contributed by atoms with van der Waals surface area (Å²) in [6, 6.07) is 8.91. The lowest BCUT2D eigenvalue weighted by molar-refractivity contribution is -0.119. The molecule has 1 aromatic carbocycles. The molecule has 2 N–H and O–H groups in total. The van der Waals surface area contributed by atoms with Crippen molar-refractivity contribution in [1.29, 1.82) is 0 Å². The zero-order valence-electron chi connectivity index (χ0n) is 14.0. The first kappa shape index (κ1) is 17.3. The Kier molecular flexibility index (Phi) is 4.49. The molecule has 3 rings (SSSR count). The average Bonchev–Trinajstić information content (AvgIpc) is 2.60. The number of carbonyl (C=O) groups excluding carboxylic acids is 2. The highest BCUT2D eigenvalue weighted by molar-refractivity contribution is 5.97. The van der Waals surface area contributed by atoms with Crippen LogP contribution in [0.2, 0.25) is 0 Å². The quantitative estimate of drug-likeness (QED) is 0.684. The first-order valence-corrected chi connectivity index (χ1v) is 7.72. The minimum absolute atomic E-state index is 0.204. The fourth-order valence-corrected chi connectivity index (χ4v) is 2.49. The second kappa shape index (κ2) is 6.75. The van der Waals surface area contributed by atoms with Crippen molar-refractivity contribution in [3.63, 3.8) is 0 Å². The molecule has 2 aromatic heterocycles. The number of carbonyl (C=O) groups is 2. The van der Waals surface area contributed by atoms with Crippen molar-refractivity contribution >= 4 is 22.8 Å². The summed E-state index contributed by atoms with van der Waals surface area (Å²) in [5.41, 5.74) is 4.92. The zero-order valence-corrected chi connectivity index (χ0v) is 14.0. The van der Waals surface area contributed by atoms with E-state index in [0.717, 1.165) is 0 Å². The van der Waals surface area contributed by atoms with Crippen LogP contribution >= 0.6 is 0 Å². The lowest BCUT2D eigenvalue weighted by Gasteiger charge is -2.13. The van der Waals surface area contributed by atoms with Gasteiger partial charge >= 0.3 is 0 Å². The highest BCUT2D eigenvalue weighted by Gasteiger charge is 2.17. The Morgan fingerprint density at radius 3 is 2.62 bits per heavy atom. The first-order chi connectivity index (χ1) is 12.4. The molecular weight excluding hydrogens is 339 g/mol. The van der Waals surface area contributed by atoms with Crippen LogP contribution in [0.5, 0.6) is 0 Å². The van der Waals surface area contributed by atoms with Gasteiger partial charge in [-0.2, -0.15) is 0 Å². The molecule has 8 heteroatoms. The maximum Gasteiger partial charge on any atom is 0.275 e. The number of benzene rings is 1. The molecule has 0 saturated heterocycles. The molecule has 3 aromatic rings. The normalized spacial score (nSPS) is 10.6. The fraction of sp³-hybridized carbons (Fsp3) is 0.111. The Morgan fingerprint density at radius 2 is 1.92 bits per heavy atom. The minimum Gasteiger partial charge on any atom is -0.300 e. The second-order valence-corrected chi connectivity index (χ2v) is 5.68. The van der Waals surface area contributed by atoms with Gasteiger partial charge in [-0.05, 0) is 37.3 Å². The third kappa shape index (κ3) is 3.30. The first-order valence-electron chi connectivity index (χ1n) is 7.72. The molecule has 0 saturated carbocycles. The van der Waals surface area contributed by atoms with E-state index >= 15 is 0 Å². The van der Waals surface area contributed by atoms with Crippen molar-refractivity contribution in [1.82, 2.24) is 20.4 Å². The van der Waals surface area contributed by atoms with Gasteiger partial charge in [-0.3, -0.25) is 25.2 Å². The molecule has 0 aliphatic rings. The van der Waals surface area contributed by atoms with Gasteiger partial charge in [0, 0.05) is 24.5 Å². The molecule has 132 valence electrons. The number of pyridine rings is 2. The summed E-state index contributed by atoms with van der Waals surface area (Å²) in [5.74, 6) is -1.73. The van der Waals surface area contributed by atoms with Crippen LogP contribution in [0.25, 0.3) is 16.7 Å². The summed E-state index contributed by atoms with van der Waals surface area (Å²) in [5, 5.41) is 0.204. The fourth-order valence-electron chi connectivity index (χ4n) is 2.49. The van der Waals surface area contributed by atoms with Crippen molar-refractivity contribution < 1.29 is 14.0 Å². The molecule has 0 aliphatic heterocycles. The molecule has 0 atom stereocenters. The Hall–Kier alpha value is -3.55. The van der Waals surface area contributed by atoms with E-state index in [9.17, 15) is 18.8 Å². The van der Waals surface area contributed by atoms with Gasteiger partial charge in [0.15, 0.2) is 0 Å². The third-order valence-electron chi connectivity index (χ3n) is 3.67. The molecule has 0 fully saturated rings. The maximum absolute atomic E-state index is 13.7. The Labute approximate surface area is 147 Å². The van der Waals surface area contributed by atoms with Crippen LogP contribution < -0.4 is 16.3 Å². The van der Waals surface area contributed by atoms with E-state index in [4.69, 9.17) is 0 Å². The van der Waals surface area contributed by atoms with E-state index in [2.05, 4.69) is 15.8 Å². The van der Waals surface area contributed by atoms with Crippen LogP contribution in [-0.4, -0.2) is 21.4 Å². The van der Waals surface area contributed by atoms with Gasteiger partial charge in [-0.1, -0.05) is 6.07 Å². The van der Waals surface area contributed by atoms with Crippen molar-refractivity contribution in [2.45, 2.75) is 13.8 Å². The van der Waals surface area contributed by atoms with Crippen molar-refractivity contribution in [2.75, 3.05) is 0 Å². The molecule has 0 aliphatic carbocycles. The van der Waals surface area contributed by atoms with Crippen LogP contribution in [-0.2, 0) is 4.79 Å². The molecule has 2 heterocycles. The molecule has 0 bridgehead atoms. The molecule has 0 unspecified atom stereocenters. The number of nitrogens with zero attached hydrogens (tertiary/aromatic N) is 2. The Morgan fingerprint density at radius 1 is 1.15 bits per heavy atom. The van der Waals surface area contributed by atoms with E-state index in [1.165, 1.54) is 35.9 Å². The number of fused-ring (bicyclic) bond motifs is 1. The summed E-state index contributed by atoms with van der Waals surface area (Å²) in [6.07, 6.45) is 1.28. The van der Waals surface area contributed by atoms with Gasteiger partial charge < -0.3 is 4.57 Å². The van der Waals surface area contributed by atoms with Crippen LogP contribution in [0.15, 0.2) is 47.4 Å². The SMILES string of the molecule is CC(=O)NNC(=O)c1cn(-c2cccc(F)c2)c2nc(C)ccc2c1=O. The van der Waals surface area contributed by atoms with Gasteiger partial charge in [0.1, 0.15) is 17.0 Å². The van der Waals surface area contributed by atoms with Crippen LogP contribution in [0.1, 0.15) is 23.0 Å². The number of rotatable bonds is 2. The largest absolute Gasteiger partial charge is 0.300 e. The Balaban J connectivity index is 2.26. The zero-order chi connectivity index (χ0) is 18.8. The number of hydrazine groups is 1. The van der Waals surface area contributed by atoms with Crippen molar-refractivity contribution in [3.8, 4) is 5.69 Å². The van der Waals surface area contributed by atoms with Gasteiger partial charge in [0.2, 0.25) is 11.3 Å². The summed E-state index contributed by atoms with van der Waals surface area (Å²) in [7, 11) is 0. The highest BCUT2D eigenvalue weighted by Crippen LogP contribution is 2.17. The van der Waals surface area contributed by atoms with E-state index < -0.39 is 23.1 Å². The monoisotopic (exact) mass is 354 g/mol. The number of aromatic nitrogens is 2. The summed E-state index contributed by atoms with van der Waals surface area (Å²) >= 11 is 0. The number of hydrogen-bond donors (Lipinski definition) is 2. The number of hydrogen-bond acceptors (Lipinski definition) is 4. The predicted octanol–water partition coefficient (Wildman–Crippen LogP) is 1.61. The van der Waals surface area contributed by atoms with Crippen LogP contribution in [0.4, 0.5) is 4.39 Å². The van der Waals surface area contributed by atoms with Gasteiger partial charge in [-0.15, -0.1) is 0 Å². The van der Waals surface area contributed by atoms with E-state index in [0.29, 0.717) is 17.0 Å². The minimum atomic E-state index is -0.780. The lowest BCUT2D eigenvalue weighted by Crippen LogP contribution is -2.42. The van der Waals surface area contributed by atoms with Crippen LogP contribution in [0.3, 0.4) is 0 Å². The van der Waals surface area contributed by atoms with Crippen molar-refractivity contribution in [3.05, 3.63) is 69.9 Å². The number of aryl methyl sites for hydroxylation is 1. The van der Waals surface area contributed by atoms with E-state index in [1.54, 1.807) is 25.1 Å². The smallest absolute Gasteiger partial charge is 0.275 e. The van der Waals surface area contributed by atoms with E-state index in [1.807, 2.05) is 0 Å². The predicted molar refractivity (Wildman–Crippen MR) is 93.3 cm³/mol. The molecule has 0 radical (unpaired) electrons. The lowest BCUT2D eigenvalue weighted by atomic mass is 10.1. The Bertz CT molecular complexity index is 1090. The molecule has 2 amide bonds. The molecule has 0 spiro atoms. The number of halogens is 1. The molecular formula is C18H15FN4O3. The van der Waals surface area contributed by atoms with Gasteiger partial charge in [0.05, 0.1) is 5.39 Å². The second-order valence-electron chi connectivity index (χ2n) is 5.68. The number of amides is 2. The number of nitrogens with one attached hydrogen (secondary N) is 2. The van der Waals surface area contributed by atoms with Crippen molar-refractivity contribution in [2.24, 2.45) is 0 Å². The maximum atomic E-state index is 13.7. The van der Waals surface area contributed by atoms with Gasteiger partial charge in [0.25, 0.3) is 5.91 Å². The van der Waals surface area contributed by atoms with Crippen LogP contribution in [0, 0.1) is 12.7 Å². The van der Waals surface area contributed by atoms with E-state index in [-0.39, 0.29) is 10.9 Å². The molecule has 7 nitrogen and oxygen atoms in total. The summed E-state index contributed by atoms with van der Waals surface area (Å²) in [6.45, 7) is 2.98. The summed E-state index contributed by atoms with van der Waals surface area (Å²) < 4.78 is 15.1. The highest BCUT2D eigenvalue weighted by atomic mass is 19.1.